The van der Waals surface area contributed by atoms with Crippen LogP contribution in [0.15, 0.2) is 24.3 Å². The van der Waals surface area contributed by atoms with E-state index < -0.39 is 11.7 Å². The summed E-state index contributed by atoms with van der Waals surface area (Å²) in [4.78, 5) is 11.8. The maximum absolute atomic E-state index is 12.4. The van der Waals surface area contributed by atoms with Crippen molar-refractivity contribution < 1.29 is 18.0 Å². The quantitative estimate of drug-likeness (QED) is 0.875. The molecule has 0 heterocycles. The molecule has 0 fully saturated rings. The highest BCUT2D eigenvalue weighted by molar-refractivity contribution is 5.94. The normalized spacial score (nSPS) is 12.3. The number of hydrogen-bond donors (Lipinski definition) is 2. The third kappa shape index (κ3) is 4.85. The predicted octanol–water partition coefficient (Wildman–Crippen LogP) is 2.81. The highest BCUT2D eigenvalue weighted by Crippen LogP contribution is 2.29. The zero-order valence-corrected chi connectivity index (χ0v) is 11.6. The fourth-order valence-corrected chi connectivity index (χ4v) is 1.71. The molecule has 1 aromatic carbocycles. The van der Waals surface area contributed by atoms with Gasteiger partial charge in [0.25, 0.3) is 5.91 Å². The summed E-state index contributed by atoms with van der Waals surface area (Å²) in [6.07, 6.45) is -3.64. The maximum atomic E-state index is 12.4. The number of amides is 1. The summed E-state index contributed by atoms with van der Waals surface area (Å²) in [6, 6.07) is 4.15. The Morgan fingerprint density at radius 3 is 2.20 bits per heavy atom. The van der Waals surface area contributed by atoms with Gasteiger partial charge in [-0.3, -0.25) is 4.79 Å². The van der Waals surface area contributed by atoms with Crippen molar-refractivity contribution in [2.75, 3.05) is 13.1 Å². The first-order chi connectivity index (χ1) is 9.15. The van der Waals surface area contributed by atoms with Gasteiger partial charge in [-0.15, -0.1) is 0 Å². The van der Waals surface area contributed by atoms with Crippen molar-refractivity contribution in [1.29, 1.82) is 0 Å². The van der Waals surface area contributed by atoms with E-state index in [1.54, 1.807) is 0 Å². The molecule has 0 aliphatic heterocycles. The molecule has 3 N–H and O–H groups in total. The molecule has 0 saturated carbocycles. The van der Waals surface area contributed by atoms with Crippen LogP contribution in [0.5, 0.6) is 0 Å². The van der Waals surface area contributed by atoms with Crippen LogP contribution in [0.25, 0.3) is 0 Å². The molecule has 112 valence electrons. The van der Waals surface area contributed by atoms with Crippen molar-refractivity contribution in [2.24, 2.45) is 11.1 Å². The van der Waals surface area contributed by atoms with E-state index in [1.165, 1.54) is 12.1 Å². The molecule has 1 aromatic rings. The maximum Gasteiger partial charge on any atom is 0.416 e. The molecule has 0 spiro atoms. The zero-order valence-electron chi connectivity index (χ0n) is 11.6. The number of rotatable bonds is 5. The van der Waals surface area contributed by atoms with Crippen molar-refractivity contribution in [3.8, 4) is 0 Å². The summed E-state index contributed by atoms with van der Waals surface area (Å²) in [5.74, 6) is -0.385. The number of alkyl halides is 3. The standard InChI is InChI=1S/C14H19F3N2O/c1-13(2,7-8-18)9-19-12(20)10-3-5-11(6-4-10)14(15,16)17/h3-6H,7-9,18H2,1-2H3,(H,19,20). The van der Waals surface area contributed by atoms with Gasteiger partial charge in [0.1, 0.15) is 0 Å². The number of nitrogens with one attached hydrogen (secondary N) is 1. The summed E-state index contributed by atoms with van der Waals surface area (Å²) in [7, 11) is 0. The Morgan fingerprint density at radius 2 is 1.75 bits per heavy atom. The van der Waals surface area contributed by atoms with Crippen LogP contribution in [0.3, 0.4) is 0 Å². The minimum Gasteiger partial charge on any atom is -0.352 e. The highest BCUT2D eigenvalue weighted by Gasteiger charge is 2.30. The van der Waals surface area contributed by atoms with Gasteiger partial charge in [0.05, 0.1) is 5.56 Å². The van der Waals surface area contributed by atoms with Crippen LogP contribution >= 0.6 is 0 Å². The Hall–Kier alpha value is -1.56. The second-order valence-electron chi connectivity index (χ2n) is 5.46. The third-order valence-corrected chi connectivity index (χ3v) is 3.02. The van der Waals surface area contributed by atoms with E-state index in [4.69, 9.17) is 5.73 Å². The average Bonchev–Trinajstić information content (AvgIpc) is 2.35. The van der Waals surface area contributed by atoms with Gasteiger partial charge >= 0.3 is 6.18 Å². The van der Waals surface area contributed by atoms with Crippen molar-refractivity contribution in [1.82, 2.24) is 5.32 Å². The van der Waals surface area contributed by atoms with Crippen LogP contribution in [-0.4, -0.2) is 19.0 Å². The Bertz CT molecular complexity index is 452. The van der Waals surface area contributed by atoms with E-state index in [0.717, 1.165) is 18.6 Å². The summed E-state index contributed by atoms with van der Waals surface area (Å²) in [5, 5.41) is 2.71. The molecule has 0 aromatic heterocycles. The number of halogens is 3. The van der Waals surface area contributed by atoms with Gasteiger partial charge in [-0.1, -0.05) is 13.8 Å². The van der Waals surface area contributed by atoms with Gasteiger partial charge in [-0.05, 0) is 42.6 Å². The highest BCUT2D eigenvalue weighted by atomic mass is 19.4. The minimum absolute atomic E-state index is 0.143. The number of carbonyl (C=O) groups is 1. The number of hydrogen-bond acceptors (Lipinski definition) is 2. The molecule has 3 nitrogen and oxygen atoms in total. The molecular formula is C14H19F3N2O. The van der Waals surface area contributed by atoms with E-state index in [9.17, 15) is 18.0 Å². The third-order valence-electron chi connectivity index (χ3n) is 3.02. The molecule has 0 radical (unpaired) electrons. The fraction of sp³-hybridized carbons (Fsp3) is 0.500. The van der Waals surface area contributed by atoms with E-state index >= 15 is 0 Å². The average molecular weight is 288 g/mol. The van der Waals surface area contributed by atoms with E-state index in [0.29, 0.717) is 13.1 Å². The van der Waals surface area contributed by atoms with E-state index in [2.05, 4.69) is 5.32 Å². The summed E-state index contributed by atoms with van der Waals surface area (Å²) in [6.45, 7) is 4.87. The SMILES string of the molecule is CC(C)(CCN)CNC(=O)c1ccc(C(F)(F)F)cc1. The molecule has 1 rings (SSSR count). The van der Waals surface area contributed by atoms with Crippen LogP contribution in [0, 0.1) is 5.41 Å². The fourth-order valence-electron chi connectivity index (χ4n) is 1.71. The van der Waals surface area contributed by atoms with Crippen molar-refractivity contribution in [3.63, 3.8) is 0 Å². The number of carbonyl (C=O) groups excluding carboxylic acids is 1. The largest absolute Gasteiger partial charge is 0.416 e. The zero-order chi connectivity index (χ0) is 15.4. The van der Waals surface area contributed by atoms with Crippen LogP contribution in [0.2, 0.25) is 0 Å². The second kappa shape index (κ2) is 6.26. The van der Waals surface area contributed by atoms with Gasteiger partial charge < -0.3 is 11.1 Å². The van der Waals surface area contributed by atoms with Gasteiger partial charge in [0.2, 0.25) is 0 Å². The lowest BCUT2D eigenvalue weighted by Crippen LogP contribution is -2.35. The second-order valence-corrected chi connectivity index (χ2v) is 5.46. The van der Waals surface area contributed by atoms with Crippen LogP contribution in [-0.2, 0) is 6.18 Å². The Kier molecular flexibility index (Phi) is 5.16. The molecule has 0 atom stereocenters. The Morgan fingerprint density at radius 1 is 1.20 bits per heavy atom. The topological polar surface area (TPSA) is 55.1 Å². The summed E-state index contributed by atoms with van der Waals surface area (Å²) in [5.41, 5.74) is 4.77. The molecule has 0 unspecified atom stereocenters. The Balaban J connectivity index is 2.65. The van der Waals surface area contributed by atoms with E-state index in [1.807, 2.05) is 13.8 Å². The van der Waals surface area contributed by atoms with Crippen molar-refractivity contribution in [2.45, 2.75) is 26.4 Å². The first kappa shape index (κ1) is 16.5. The van der Waals surface area contributed by atoms with E-state index in [-0.39, 0.29) is 16.9 Å². The predicted molar refractivity (Wildman–Crippen MR) is 71.2 cm³/mol. The first-order valence-electron chi connectivity index (χ1n) is 6.31. The first-order valence-corrected chi connectivity index (χ1v) is 6.31. The van der Waals surface area contributed by atoms with Crippen LogP contribution in [0.4, 0.5) is 13.2 Å². The van der Waals surface area contributed by atoms with Gasteiger partial charge in [-0.2, -0.15) is 13.2 Å². The minimum atomic E-state index is -4.39. The molecule has 6 heteroatoms. The summed E-state index contributed by atoms with van der Waals surface area (Å²) >= 11 is 0. The lowest BCUT2D eigenvalue weighted by molar-refractivity contribution is -0.137. The number of nitrogens with two attached hydrogens (primary N) is 1. The molecule has 0 saturated heterocycles. The van der Waals surface area contributed by atoms with Crippen LogP contribution < -0.4 is 11.1 Å². The lowest BCUT2D eigenvalue weighted by atomic mass is 9.89. The molecule has 20 heavy (non-hydrogen) atoms. The molecular weight excluding hydrogens is 269 g/mol. The smallest absolute Gasteiger partial charge is 0.352 e. The van der Waals surface area contributed by atoms with Crippen LogP contribution in [0.1, 0.15) is 36.2 Å². The summed E-state index contributed by atoms with van der Waals surface area (Å²) < 4.78 is 37.2. The molecule has 0 aliphatic carbocycles. The molecule has 0 bridgehead atoms. The van der Waals surface area contributed by atoms with Gasteiger partial charge in [0, 0.05) is 12.1 Å². The monoisotopic (exact) mass is 288 g/mol. The van der Waals surface area contributed by atoms with Gasteiger partial charge in [-0.25, -0.2) is 0 Å². The molecule has 0 aliphatic rings. The molecule has 1 amide bonds. The number of benzene rings is 1. The van der Waals surface area contributed by atoms with Crippen molar-refractivity contribution in [3.05, 3.63) is 35.4 Å². The van der Waals surface area contributed by atoms with Gasteiger partial charge in [0.15, 0.2) is 0 Å². The lowest BCUT2D eigenvalue weighted by Gasteiger charge is -2.24. The van der Waals surface area contributed by atoms with Crippen molar-refractivity contribution >= 4 is 5.91 Å². The Labute approximate surface area is 116 Å².